The second kappa shape index (κ2) is 8.17. The van der Waals surface area contributed by atoms with E-state index in [0.29, 0.717) is 30.1 Å². The number of hydrogen-bond donors (Lipinski definition) is 0. The Morgan fingerprint density at radius 3 is 2.24 bits per heavy atom. The van der Waals surface area contributed by atoms with Gasteiger partial charge in [-0.25, -0.2) is 4.79 Å². The summed E-state index contributed by atoms with van der Waals surface area (Å²) in [7, 11) is -0.435. The van der Waals surface area contributed by atoms with E-state index in [1.54, 1.807) is 32.0 Å². The van der Waals surface area contributed by atoms with Crippen LogP contribution in [0.25, 0.3) is 0 Å². The maximum atomic E-state index is 12.5. The topological polar surface area (TPSA) is 71.1 Å². The van der Waals surface area contributed by atoms with Crippen LogP contribution in [0.15, 0.2) is 18.2 Å². The summed E-state index contributed by atoms with van der Waals surface area (Å²) < 4.78 is 32.8. The van der Waals surface area contributed by atoms with Gasteiger partial charge >= 0.3 is 13.6 Å². The van der Waals surface area contributed by atoms with Crippen LogP contribution in [0.4, 0.5) is 0 Å². The molecule has 0 fully saturated rings. The highest BCUT2D eigenvalue weighted by atomic mass is 31.2. The highest BCUT2D eigenvalue weighted by Crippen LogP contribution is 2.51. The van der Waals surface area contributed by atoms with E-state index in [2.05, 4.69) is 4.74 Å². The molecule has 21 heavy (non-hydrogen) atoms. The molecule has 0 aliphatic carbocycles. The summed E-state index contributed by atoms with van der Waals surface area (Å²) in [5.41, 5.74) is 1.01. The third-order valence-electron chi connectivity index (χ3n) is 2.70. The molecule has 0 aromatic heterocycles. The van der Waals surface area contributed by atoms with Crippen molar-refractivity contribution >= 4 is 13.6 Å². The Hall–Kier alpha value is -1.36. The summed E-state index contributed by atoms with van der Waals surface area (Å²) in [4.78, 5) is 11.6. The summed E-state index contributed by atoms with van der Waals surface area (Å²) in [5, 5.41) is 0. The van der Waals surface area contributed by atoms with E-state index in [1.807, 2.05) is 0 Å². The fourth-order valence-corrected chi connectivity index (χ4v) is 3.55. The standard InChI is InChI=1S/C14H21O6P/c1-5-19-21(16,20-6-2)10-11-7-8-12(14(15)18-4)13(9-11)17-3/h7-9H,5-6,10H2,1-4H3. The molecule has 0 saturated carbocycles. The molecule has 0 aliphatic rings. The monoisotopic (exact) mass is 316 g/mol. The third kappa shape index (κ3) is 4.84. The quantitative estimate of drug-likeness (QED) is 0.541. The number of hydrogen-bond acceptors (Lipinski definition) is 6. The van der Waals surface area contributed by atoms with Crippen LogP contribution in [0, 0.1) is 0 Å². The van der Waals surface area contributed by atoms with E-state index in [0.717, 1.165) is 0 Å². The average molecular weight is 316 g/mol. The smallest absolute Gasteiger partial charge is 0.341 e. The molecular formula is C14H21O6P. The molecule has 0 heterocycles. The zero-order chi connectivity index (χ0) is 15.9. The molecule has 0 spiro atoms. The number of benzene rings is 1. The van der Waals surface area contributed by atoms with Gasteiger partial charge in [-0.05, 0) is 31.5 Å². The van der Waals surface area contributed by atoms with Crippen LogP contribution in [0.3, 0.4) is 0 Å². The molecule has 1 aromatic carbocycles. The minimum absolute atomic E-state index is 0.118. The van der Waals surface area contributed by atoms with Crippen LogP contribution in [0.2, 0.25) is 0 Å². The van der Waals surface area contributed by atoms with Gasteiger partial charge in [-0.2, -0.15) is 0 Å². The first kappa shape index (κ1) is 17.7. The minimum Gasteiger partial charge on any atom is -0.496 e. The van der Waals surface area contributed by atoms with Crippen molar-refractivity contribution in [3.8, 4) is 5.75 Å². The van der Waals surface area contributed by atoms with Crippen LogP contribution >= 0.6 is 7.60 Å². The van der Waals surface area contributed by atoms with Gasteiger partial charge in [0.1, 0.15) is 11.3 Å². The van der Waals surface area contributed by atoms with E-state index >= 15 is 0 Å². The Kier molecular flexibility index (Phi) is 6.89. The molecule has 7 heteroatoms. The second-order valence-corrected chi connectivity index (χ2v) is 6.19. The maximum absolute atomic E-state index is 12.5. The van der Waals surface area contributed by atoms with Gasteiger partial charge in [0.05, 0.1) is 33.6 Å². The Morgan fingerprint density at radius 2 is 1.76 bits per heavy atom. The average Bonchev–Trinajstić information content (AvgIpc) is 2.46. The molecule has 0 unspecified atom stereocenters. The summed E-state index contributed by atoms with van der Waals surface area (Å²) in [6, 6.07) is 4.89. The van der Waals surface area contributed by atoms with Crippen molar-refractivity contribution in [1.82, 2.24) is 0 Å². The summed E-state index contributed by atoms with van der Waals surface area (Å²) in [5.74, 6) is -0.130. The molecule has 1 aromatic rings. The number of rotatable bonds is 8. The summed E-state index contributed by atoms with van der Waals surface area (Å²) in [6.07, 6.45) is 0.118. The molecule has 0 bridgehead atoms. The van der Waals surface area contributed by atoms with Gasteiger partial charge in [0.25, 0.3) is 0 Å². The van der Waals surface area contributed by atoms with Crippen LogP contribution in [-0.4, -0.2) is 33.4 Å². The molecule has 0 saturated heterocycles. The maximum Gasteiger partial charge on any atom is 0.341 e. The van der Waals surface area contributed by atoms with Crippen molar-refractivity contribution in [2.24, 2.45) is 0 Å². The number of ether oxygens (including phenoxy) is 2. The third-order valence-corrected chi connectivity index (χ3v) is 4.75. The van der Waals surface area contributed by atoms with Crippen LogP contribution in [0.5, 0.6) is 5.75 Å². The van der Waals surface area contributed by atoms with E-state index < -0.39 is 13.6 Å². The van der Waals surface area contributed by atoms with Gasteiger partial charge in [0, 0.05) is 0 Å². The van der Waals surface area contributed by atoms with E-state index in [4.69, 9.17) is 13.8 Å². The van der Waals surface area contributed by atoms with E-state index in [9.17, 15) is 9.36 Å². The van der Waals surface area contributed by atoms with Crippen LogP contribution < -0.4 is 4.74 Å². The van der Waals surface area contributed by atoms with Gasteiger partial charge in [-0.3, -0.25) is 4.57 Å². The summed E-state index contributed by atoms with van der Waals surface area (Å²) >= 11 is 0. The zero-order valence-corrected chi connectivity index (χ0v) is 13.6. The Bertz CT molecular complexity index is 518. The van der Waals surface area contributed by atoms with Gasteiger partial charge in [0.2, 0.25) is 0 Å². The largest absolute Gasteiger partial charge is 0.496 e. The van der Waals surface area contributed by atoms with Gasteiger partial charge in [-0.15, -0.1) is 0 Å². The molecule has 0 radical (unpaired) electrons. The molecule has 118 valence electrons. The lowest BCUT2D eigenvalue weighted by Crippen LogP contribution is -2.05. The predicted octanol–water partition coefficient (Wildman–Crippen LogP) is 3.25. The van der Waals surface area contributed by atoms with Crippen LogP contribution in [-0.2, 0) is 24.5 Å². The normalized spacial score (nSPS) is 11.2. The lowest BCUT2D eigenvalue weighted by molar-refractivity contribution is 0.0597. The SMILES string of the molecule is CCOP(=O)(Cc1ccc(C(=O)OC)c(OC)c1)OCC. The minimum atomic E-state index is -3.19. The molecule has 0 aliphatic heterocycles. The Balaban J connectivity index is 3.04. The fraction of sp³-hybridized carbons (Fsp3) is 0.500. The van der Waals surface area contributed by atoms with Crippen molar-refractivity contribution in [3.05, 3.63) is 29.3 Å². The Labute approximate surface area is 124 Å². The number of esters is 1. The number of methoxy groups -OCH3 is 2. The fourth-order valence-electron chi connectivity index (χ4n) is 1.86. The van der Waals surface area contributed by atoms with Crippen molar-refractivity contribution in [3.63, 3.8) is 0 Å². The molecule has 0 atom stereocenters. The van der Waals surface area contributed by atoms with Crippen molar-refractivity contribution < 1.29 is 27.9 Å². The number of carbonyl (C=O) groups is 1. The second-order valence-electron chi connectivity index (χ2n) is 4.13. The molecular weight excluding hydrogens is 295 g/mol. The molecule has 0 amide bonds. The molecule has 6 nitrogen and oxygen atoms in total. The lowest BCUT2D eigenvalue weighted by atomic mass is 10.1. The van der Waals surface area contributed by atoms with Crippen molar-refractivity contribution in [1.29, 1.82) is 0 Å². The number of carbonyl (C=O) groups excluding carboxylic acids is 1. The zero-order valence-electron chi connectivity index (χ0n) is 12.8. The van der Waals surface area contributed by atoms with Crippen molar-refractivity contribution in [2.45, 2.75) is 20.0 Å². The van der Waals surface area contributed by atoms with Gasteiger partial charge < -0.3 is 18.5 Å². The summed E-state index contributed by atoms with van der Waals surface area (Å²) in [6.45, 7) is 4.11. The van der Waals surface area contributed by atoms with Gasteiger partial charge in [0.15, 0.2) is 0 Å². The predicted molar refractivity (Wildman–Crippen MR) is 78.9 cm³/mol. The first-order chi connectivity index (χ1) is 9.99. The lowest BCUT2D eigenvalue weighted by Gasteiger charge is -2.17. The highest BCUT2D eigenvalue weighted by Gasteiger charge is 2.25. The van der Waals surface area contributed by atoms with E-state index in [-0.39, 0.29) is 6.16 Å². The first-order valence-corrected chi connectivity index (χ1v) is 8.35. The highest BCUT2D eigenvalue weighted by molar-refractivity contribution is 7.53. The first-order valence-electron chi connectivity index (χ1n) is 6.63. The molecule has 0 N–H and O–H groups in total. The van der Waals surface area contributed by atoms with Crippen molar-refractivity contribution in [2.75, 3.05) is 27.4 Å². The van der Waals surface area contributed by atoms with Gasteiger partial charge in [-0.1, -0.05) is 6.07 Å². The van der Waals surface area contributed by atoms with Crippen LogP contribution in [0.1, 0.15) is 29.8 Å². The molecule has 1 rings (SSSR count). The van der Waals surface area contributed by atoms with E-state index in [1.165, 1.54) is 14.2 Å². The Morgan fingerprint density at radius 1 is 1.14 bits per heavy atom.